The lowest BCUT2D eigenvalue weighted by molar-refractivity contribution is -0.124. The van der Waals surface area contributed by atoms with Crippen molar-refractivity contribution < 1.29 is 18.4 Å². The highest BCUT2D eigenvalue weighted by Crippen LogP contribution is 2.45. The number of carbonyl (C=O) groups is 1. The molecule has 0 heterocycles. The summed E-state index contributed by atoms with van der Waals surface area (Å²) in [4.78, 5) is 11.7. The Hall–Kier alpha value is -1.35. The first-order chi connectivity index (χ1) is 7.82. The Labute approximate surface area is 99.3 Å². The van der Waals surface area contributed by atoms with Gasteiger partial charge in [-0.2, -0.15) is 0 Å². The number of nitrogens with one attached hydrogen (secondary N) is 2. The van der Waals surface area contributed by atoms with E-state index in [2.05, 4.69) is 15.2 Å². The van der Waals surface area contributed by atoms with Gasteiger partial charge in [-0.15, -0.1) is 0 Å². The van der Waals surface area contributed by atoms with Crippen LogP contribution in [-0.2, 0) is 14.8 Å². The summed E-state index contributed by atoms with van der Waals surface area (Å²) in [5.41, 5.74) is 4.51. The fourth-order valence-corrected chi connectivity index (χ4v) is 1.87. The number of sulfonamides is 1. The lowest BCUT2D eigenvalue weighted by Crippen LogP contribution is -2.43. The zero-order valence-electron chi connectivity index (χ0n) is 9.43. The molecule has 1 aliphatic rings. The fourth-order valence-electron chi connectivity index (χ4n) is 1.40. The highest BCUT2D eigenvalue weighted by atomic mass is 32.2. The van der Waals surface area contributed by atoms with E-state index in [1.165, 1.54) is 0 Å². The molecule has 8 nitrogen and oxygen atoms in total. The number of hydrogen-bond acceptors (Lipinski definition) is 5. The minimum absolute atomic E-state index is 0.105. The molecule has 0 saturated heterocycles. The van der Waals surface area contributed by atoms with E-state index in [-0.39, 0.29) is 24.8 Å². The van der Waals surface area contributed by atoms with Crippen molar-refractivity contribution in [3.8, 4) is 0 Å². The summed E-state index contributed by atoms with van der Waals surface area (Å²) < 4.78 is 23.7. The molecule has 0 radical (unpaired) electrons. The maximum atomic E-state index is 11.7. The number of carbonyl (C=O) groups excluding carboxylic acids is 1. The van der Waals surface area contributed by atoms with Crippen LogP contribution in [0, 0.1) is 5.41 Å². The van der Waals surface area contributed by atoms with Crippen molar-refractivity contribution in [3.05, 3.63) is 0 Å². The van der Waals surface area contributed by atoms with Crippen LogP contribution in [0.15, 0.2) is 5.16 Å². The SMILES string of the molecule is CS(=O)(=O)NCCNC(=O)C1(C(N)=NO)CC1. The summed E-state index contributed by atoms with van der Waals surface area (Å²) in [6.07, 6.45) is 2.11. The topological polar surface area (TPSA) is 134 Å². The Morgan fingerprint density at radius 2 is 2.06 bits per heavy atom. The monoisotopic (exact) mass is 264 g/mol. The van der Waals surface area contributed by atoms with Gasteiger partial charge in [-0.1, -0.05) is 5.16 Å². The number of nitrogens with zero attached hydrogens (tertiary/aromatic N) is 1. The molecule has 0 atom stereocenters. The molecule has 5 N–H and O–H groups in total. The third-order valence-electron chi connectivity index (χ3n) is 2.56. The van der Waals surface area contributed by atoms with Crippen molar-refractivity contribution in [1.29, 1.82) is 0 Å². The normalized spacial score (nSPS) is 18.8. The van der Waals surface area contributed by atoms with Gasteiger partial charge in [-0.3, -0.25) is 4.79 Å². The number of oxime groups is 1. The number of hydrogen-bond donors (Lipinski definition) is 4. The molecular weight excluding hydrogens is 248 g/mol. The summed E-state index contributed by atoms with van der Waals surface area (Å²) in [6.45, 7) is 0.267. The molecule has 1 amide bonds. The van der Waals surface area contributed by atoms with Crippen molar-refractivity contribution in [1.82, 2.24) is 10.0 Å². The zero-order chi connectivity index (χ0) is 13.1. The Balaban J connectivity index is 2.37. The number of amidine groups is 1. The predicted molar refractivity (Wildman–Crippen MR) is 60.9 cm³/mol. The minimum Gasteiger partial charge on any atom is -0.409 e. The van der Waals surface area contributed by atoms with E-state index in [0.717, 1.165) is 6.26 Å². The molecule has 1 fully saturated rings. The third-order valence-corrected chi connectivity index (χ3v) is 3.29. The molecule has 0 aliphatic heterocycles. The first-order valence-electron chi connectivity index (χ1n) is 5.03. The molecule has 0 spiro atoms. The summed E-state index contributed by atoms with van der Waals surface area (Å²) in [6, 6.07) is 0. The molecule has 0 aromatic carbocycles. The number of nitrogens with two attached hydrogens (primary N) is 1. The fraction of sp³-hybridized carbons (Fsp3) is 0.750. The molecule has 9 heteroatoms. The molecule has 17 heavy (non-hydrogen) atoms. The van der Waals surface area contributed by atoms with Crippen molar-refractivity contribution in [3.63, 3.8) is 0 Å². The van der Waals surface area contributed by atoms with Crippen LogP contribution in [0.2, 0.25) is 0 Å². The quantitative estimate of drug-likeness (QED) is 0.147. The maximum absolute atomic E-state index is 11.7. The van der Waals surface area contributed by atoms with E-state index >= 15 is 0 Å². The zero-order valence-corrected chi connectivity index (χ0v) is 10.2. The highest BCUT2D eigenvalue weighted by Gasteiger charge is 2.54. The Kier molecular flexibility index (Phi) is 3.94. The third kappa shape index (κ3) is 3.56. The maximum Gasteiger partial charge on any atom is 0.234 e. The van der Waals surface area contributed by atoms with Gasteiger partial charge >= 0.3 is 0 Å². The molecule has 0 aromatic rings. The van der Waals surface area contributed by atoms with Crippen molar-refractivity contribution in [2.75, 3.05) is 19.3 Å². The summed E-state index contributed by atoms with van der Waals surface area (Å²) >= 11 is 0. The van der Waals surface area contributed by atoms with Crippen LogP contribution in [0.4, 0.5) is 0 Å². The lowest BCUT2D eigenvalue weighted by Gasteiger charge is -2.13. The van der Waals surface area contributed by atoms with Gasteiger partial charge in [0.2, 0.25) is 15.9 Å². The van der Waals surface area contributed by atoms with E-state index in [1.807, 2.05) is 0 Å². The van der Waals surface area contributed by atoms with Gasteiger partial charge in [0.25, 0.3) is 0 Å². The van der Waals surface area contributed by atoms with Gasteiger partial charge < -0.3 is 16.3 Å². The lowest BCUT2D eigenvalue weighted by atomic mass is 10.1. The van der Waals surface area contributed by atoms with E-state index in [9.17, 15) is 13.2 Å². The van der Waals surface area contributed by atoms with Crippen LogP contribution >= 0.6 is 0 Å². The minimum atomic E-state index is -3.25. The van der Waals surface area contributed by atoms with Crippen LogP contribution in [0.3, 0.4) is 0 Å². The number of amides is 1. The largest absolute Gasteiger partial charge is 0.409 e. The molecule has 0 aromatic heterocycles. The van der Waals surface area contributed by atoms with E-state index in [0.29, 0.717) is 12.8 Å². The highest BCUT2D eigenvalue weighted by molar-refractivity contribution is 7.88. The smallest absolute Gasteiger partial charge is 0.234 e. The molecule has 0 bridgehead atoms. The molecule has 1 saturated carbocycles. The van der Waals surface area contributed by atoms with Gasteiger partial charge in [0.1, 0.15) is 5.41 Å². The molecular formula is C8H16N4O4S. The van der Waals surface area contributed by atoms with E-state index in [4.69, 9.17) is 10.9 Å². The molecule has 1 aliphatic carbocycles. The van der Waals surface area contributed by atoms with Gasteiger partial charge in [0, 0.05) is 13.1 Å². The van der Waals surface area contributed by atoms with Gasteiger partial charge in [-0.25, -0.2) is 13.1 Å². The Morgan fingerprint density at radius 3 is 2.47 bits per heavy atom. The van der Waals surface area contributed by atoms with Crippen LogP contribution in [0.5, 0.6) is 0 Å². The number of rotatable bonds is 6. The van der Waals surface area contributed by atoms with Gasteiger partial charge in [0.05, 0.1) is 6.26 Å². The van der Waals surface area contributed by atoms with Crippen molar-refractivity contribution in [2.24, 2.45) is 16.3 Å². The standard InChI is InChI=1S/C8H16N4O4S/c1-17(15,16)11-5-4-10-7(13)8(2-3-8)6(9)12-14/h11,14H,2-5H2,1H3,(H2,9,12)(H,10,13). The summed E-state index contributed by atoms with van der Waals surface area (Å²) in [7, 11) is -3.25. The summed E-state index contributed by atoms with van der Waals surface area (Å²) in [5.74, 6) is -0.450. The average Bonchev–Trinajstić information content (AvgIpc) is 3.02. The predicted octanol–water partition coefficient (Wildman–Crippen LogP) is -1.82. The second kappa shape index (κ2) is 4.88. The van der Waals surface area contributed by atoms with Crippen LogP contribution < -0.4 is 15.8 Å². The van der Waals surface area contributed by atoms with Crippen LogP contribution in [-0.4, -0.2) is 44.7 Å². The second-order valence-corrected chi connectivity index (χ2v) is 5.82. The second-order valence-electron chi connectivity index (χ2n) is 3.99. The first-order valence-corrected chi connectivity index (χ1v) is 6.92. The Morgan fingerprint density at radius 1 is 1.47 bits per heavy atom. The summed E-state index contributed by atoms with van der Waals surface area (Å²) in [5, 5.41) is 13.9. The first kappa shape index (κ1) is 13.7. The van der Waals surface area contributed by atoms with E-state index in [1.54, 1.807) is 0 Å². The van der Waals surface area contributed by atoms with Crippen molar-refractivity contribution >= 4 is 21.8 Å². The Bertz CT molecular complexity index is 427. The van der Waals surface area contributed by atoms with Crippen molar-refractivity contribution in [2.45, 2.75) is 12.8 Å². The molecule has 0 unspecified atom stereocenters. The average molecular weight is 264 g/mol. The van der Waals surface area contributed by atoms with Gasteiger partial charge in [-0.05, 0) is 12.8 Å². The van der Waals surface area contributed by atoms with E-state index < -0.39 is 15.4 Å². The van der Waals surface area contributed by atoms with Gasteiger partial charge in [0.15, 0.2) is 5.84 Å². The van der Waals surface area contributed by atoms with Crippen LogP contribution in [0.1, 0.15) is 12.8 Å². The molecule has 1 rings (SSSR count). The van der Waals surface area contributed by atoms with Crippen LogP contribution in [0.25, 0.3) is 0 Å². The molecule has 98 valence electrons.